The second kappa shape index (κ2) is 8.83. The molecule has 150 valence electrons. The monoisotopic (exact) mass is 508 g/mol. The third kappa shape index (κ3) is 3.54. The van der Waals surface area contributed by atoms with Gasteiger partial charge in [-0.05, 0) is 46.2 Å². The van der Waals surface area contributed by atoms with Crippen LogP contribution in [0.3, 0.4) is 0 Å². The van der Waals surface area contributed by atoms with E-state index in [0.29, 0.717) is 12.3 Å². The van der Waals surface area contributed by atoms with E-state index < -0.39 is 11.5 Å². The smallest absolute Gasteiger partial charge is 0.359 e. The Balaban J connectivity index is 2.06. The predicted octanol–water partition coefficient (Wildman–Crippen LogP) is 5.50. The van der Waals surface area contributed by atoms with E-state index in [1.807, 2.05) is 65.5 Å². The normalized spacial score (nSPS) is 11.3. The molecule has 0 saturated heterocycles. The molecule has 0 spiro atoms. The van der Waals surface area contributed by atoms with Crippen LogP contribution in [-0.4, -0.2) is 22.4 Å². The van der Waals surface area contributed by atoms with Gasteiger partial charge in [-0.1, -0.05) is 91.0 Å². The number of nitrogens with zero attached hydrogens (tertiary/aromatic N) is 2. The van der Waals surface area contributed by atoms with Gasteiger partial charge in [-0.2, -0.15) is 5.10 Å². The zero-order valence-corrected chi connectivity index (χ0v) is 18.7. The number of carbonyl (C=O) groups is 1. The molecular formula is C25H21IN2O2. The van der Waals surface area contributed by atoms with Gasteiger partial charge in [0.15, 0.2) is 5.69 Å². The van der Waals surface area contributed by atoms with Crippen LogP contribution in [0, 0.1) is 3.57 Å². The third-order valence-corrected chi connectivity index (χ3v) is 5.85. The molecule has 5 heteroatoms. The van der Waals surface area contributed by atoms with Crippen LogP contribution in [0.1, 0.15) is 34.1 Å². The molecule has 1 aromatic heterocycles. The first kappa shape index (κ1) is 20.3. The van der Waals surface area contributed by atoms with E-state index in [9.17, 15) is 4.79 Å². The molecule has 4 nitrogen and oxygen atoms in total. The number of halogens is 1. The van der Waals surface area contributed by atoms with Crippen molar-refractivity contribution < 1.29 is 9.53 Å². The zero-order chi connectivity index (χ0) is 21.0. The van der Waals surface area contributed by atoms with Crippen LogP contribution in [0.2, 0.25) is 0 Å². The first-order valence-corrected chi connectivity index (χ1v) is 10.8. The lowest BCUT2D eigenvalue weighted by atomic mass is 9.77. The highest BCUT2D eigenvalue weighted by molar-refractivity contribution is 14.1. The summed E-state index contributed by atoms with van der Waals surface area (Å²) in [6, 6.07) is 30.7. The van der Waals surface area contributed by atoms with Gasteiger partial charge in [0.05, 0.1) is 10.2 Å². The molecule has 0 saturated carbocycles. The van der Waals surface area contributed by atoms with Crippen LogP contribution in [0.15, 0.2) is 97.2 Å². The van der Waals surface area contributed by atoms with Crippen molar-refractivity contribution in [1.82, 2.24) is 9.78 Å². The maximum absolute atomic E-state index is 12.5. The van der Waals surface area contributed by atoms with E-state index in [2.05, 4.69) is 59.0 Å². The standard InChI is InChI=1S/C25H21IN2O2/c1-2-30-24(29)23-22(26)18-28(27-23)25(19-12-6-3-7-13-19,20-14-8-4-9-15-20)21-16-10-5-11-17-21/h3-18H,2H2,1H3. The number of rotatable bonds is 6. The second-order valence-corrected chi connectivity index (χ2v) is 7.96. The maximum Gasteiger partial charge on any atom is 0.359 e. The number of esters is 1. The highest BCUT2D eigenvalue weighted by atomic mass is 127. The van der Waals surface area contributed by atoms with Crippen LogP contribution < -0.4 is 0 Å². The van der Waals surface area contributed by atoms with Crippen LogP contribution in [0.25, 0.3) is 0 Å². The van der Waals surface area contributed by atoms with Gasteiger partial charge in [-0.3, -0.25) is 4.68 Å². The molecule has 30 heavy (non-hydrogen) atoms. The zero-order valence-electron chi connectivity index (χ0n) is 16.5. The van der Waals surface area contributed by atoms with Crippen molar-refractivity contribution in [2.75, 3.05) is 6.61 Å². The van der Waals surface area contributed by atoms with Gasteiger partial charge in [0.25, 0.3) is 0 Å². The first-order valence-electron chi connectivity index (χ1n) is 9.77. The Morgan fingerprint density at radius 3 is 1.70 bits per heavy atom. The van der Waals surface area contributed by atoms with Gasteiger partial charge in [0.2, 0.25) is 0 Å². The van der Waals surface area contributed by atoms with E-state index in [-0.39, 0.29) is 0 Å². The predicted molar refractivity (Wildman–Crippen MR) is 126 cm³/mol. The lowest BCUT2D eigenvalue weighted by Gasteiger charge is -2.36. The molecular weight excluding hydrogens is 487 g/mol. The number of hydrogen-bond acceptors (Lipinski definition) is 3. The van der Waals surface area contributed by atoms with Crippen molar-refractivity contribution in [2.24, 2.45) is 0 Å². The average molecular weight is 508 g/mol. The van der Waals surface area contributed by atoms with Gasteiger partial charge in [-0.15, -0.1) is 0 Å². The third-order valence-electron chi connectivity index (χ3n) is 5.06. The molecule has 1 heterocycles. The Bertz CT molecular complexity index is 1030. The Morgan fingerprint density at radius 1 is 0.867 bits per heavy atom. The fourth-order valence-corrected chi connectivity index (χ4v) is 4.39. The van der Waals surface area contributed by atoms with Crippen molar-refractivity contribution >= 4 is 28.6 Å². The van der Waals surface area contributed by atoms with Crippen molar-refractivity contribution in [3.63, 3.8) is 0 Å². The Morgan fingerprint density at radius 2 is 1.30 bits per heavy atom. The summed E-state index contributed by atoms with van der Waals surface area (Å²) in [4.78, 5) is 12.5. The van der Waals surface area contributed by atoms with Crippen molar-refractivity contribution in [3.8, 4) is 0 Å². The van der Waals surface area contributed by atoms with E-state index in [1.165, 1.54) is 0 Å². The Hall–Kier alpha value is -2.93. The summed E-state index contributed by atoms with van der Waals surface area (Å²) < 4.78 is 7.87. The lowest BCUT2D eigenvalue weighted by Crippen LogP contribution is -2.38. The minimum absolute atomic E-state index is 0.309. The average Bonchev–Trinajstić information content (AvgIpc) is 3.18. The summed E-state index contributed by atoms with van der Waals surface area (Å²) in [7, 11) is 0. The minimum Gasteiger partial charge on any atom is -0.461 e. The summed E-state index contributed by atoms with van der Waals surface area (Å²) in [5.41, 5.74) is 2.74. The Kier molecular flexibility index (Phi) is 5.99. The number of carbonyl (C=O) groups excluding carboxylic acids is 1. The molecule has 4 rings (SSSR count). The van der Waals surface area contributed by atoms with E-state index in [4.69, 9.17) is 9.84 Å². The molecule has 0 fully saturated rings. The summed E-state index contributed by atoms with van der Waals surface area (Å²) in [6.07, 6.45) is 1.92. The second-order valence-electron chi connectivity index (χ2n) is 6.80. The van der Waals surface area contributed by atoms with Gasteiger partial charge in [-0.25, -0.2) is 4.79 Å². The quantitative estimate of drug-likeness (QED) is 0.196. The topological polar surface area (TPSA) is 44.1 Å². The Labute approximate surface area is 189 Å². The molecule has 0 aliphatic rings. The molecule has 0 aliphatic heterocycles. The number of benzene rings is 3. The summed E-state index contributed by atoms with van der Waals surface area (Å²) in [6.45, 7) is 2.10. The SMILES string of the molecule is CCOC(=O)c1nn(C(c2ccccc2)(c2ccccc2)c2ccccc2)cc1I. The molecule has 0 amide bonds. The van der Waals surface area contributed by atoms with E-state index in [0.717, 1.165) is 20.3 Å². The molecule has 0 bridgehead atoms. The molecule has 0 unspecified atom stereocenters. The van der Waals surface area contributed by atoms with Gasteiger partial charge >= 0.3 is 5.97 Å². The minimum atomic E-state index is -0.742. The fourth-order valence-electron chi connectivity index (χ4n) is 3.80. The lowest BCUT2D eigenvalue weighted by molar-refractivity contribution is 0.0516. The summed E-state index contributed by atoms with van der Waals surface area (Å²) >= 11 is 2.15. The van der Waals surface area contributed by atoms with Crippen molar-refractivity contribution in [2.45, 2.75) is 12.5 Å². The fraction of sp³-hybridized carbons (Fsp3) is 0.120. The van der Waals surface area contributed by atoms with Crippen LogP contribution in [-0.2, 0) is 10.3 Å². The molecule has 3 aromatic carbocycles. The van der Waals surface area contributed by atoms with Gasteiger partial charge in [0, 0.05) is 6.20 Å². The first-order chi connectivity index (χ1) is 14.7. The van der Waals surface area contributed by atoms with Gasteiger partial charge in [0.1, 0.15) is 5.54 Å². The van der Waals surface area contributed by atoms with Crippen molar-refractivity contribution in [3.05, 3.63) is 123 Å². The van der Waals surface area contributed by atoms with Crippen molar-refractivity contribution in [1.29, 1.82) is 0 Å². The maximum atomic E-state index is 12.5. The number of aromatic nitrogens is 2. The summed E-state index contributed by atoms with van der Waals surface area (Å²) in [5, 5.41) is 4.76. The van der Waals surface area contributed by atoms with E-state index >= 15 is 0 Å². The summed E-state index contributed by atoms with van der Waals surface area (Å²) in [5.74, 6) is -0.413. The highest BCUT2D eigenvalue weighted by Crippen LogP contribution is 2.40. The molecule has 0 radical (unpaired) electrons. The van der Waals surface area contributed by atoms with E-state index in [1.54, 1.807) is 6.92 Å². The highest BCUT2D eigenvalue weighted by Gasteiger charge is 2.40. The number of ether oxygens (including phenoxy) is 1. The largest absolute Gasteiger partial charge is 0.461 e. The molecule has 0 atom stereocenters. The van der Waals surface area contributed by atoms with Crippen LogP contribution in [0.5, 0.6) is 0 Å². The molecule has 0 aliphatic carbocycles. The molecule has 0 N–H and O–H groups in total. The van der Waals surface area contributed by atoms with Crippen LogP contribution in [0.4, 0.5) is 0 Å². The molecule has 4 aromatic rings. The number of hydrogen-bond donors (Lipinski definition) is 0. The van der Waals surface area contributed by atoms with Gasteiger partial charge < -0.3 is 4.74 Å². The van der Waals surface area contributed by atoms with Crippen LogP contribution >= 0.6 is 22.6 Å².